The molecule has 0 aliphatic heterocycles. The Bertz CT molecular complexity index is 724. The average Bonchev–Trinajstić information content (AvgIpc) is 3.24. The Kier molecular flexibility index (Phi) is 5.52. The molecule has 126 valence electrons. The van der Waals surface area contributed by atoms with Crippen LogP contribution in [0.15, 0.2) is 34.0 Å². The van der Waals surface area contributed by atoms with Crippen LogP contribution in [0.2, 0.25) is 0 Å². The molecule has 1 aliphatic carbocycles. The second-order valence-electron chi connectivity index (χ2n) is 5.83. The summed E-state index contributed by atoms with van der Waals surface area (Å²) in [5.74, 6) is 0.262. The van der Waals surface area contributed by atoms with Crippen molar-refractivity contribution in [2.24, 2.45) is 0 Å². The Morgan fingerprint density at radius 3 is 2.71 bits per heavy atom. The number of carbonyl (C=O) groups is 2. The summed E-state index contributed by atoms with van der Waals surface area (Å²) in [6, 6.07) is 8.07. The highest BCUT2D eigenvalue weighted by atomic mass is 32.2. The molecule has 0 spiro atoms. The number of thiazole rings is 1. The van der Waals surface area contributed by atoms with Gasteiger partial charge in [-0.1, -0.05) is 29.5 Å². The van der Waals surface area contributed by atoms with Gasteiger partial charge in [0.25, 0.3) is 0 Å². The van der Waals surface area contributed by atoms with Gasteiger partial charge in [-0.15, -0.1) is 11.3 Å². The third kappa shape index (κ3) is 5.35. The van der Waals surface area contributed by atoms with Crippen molar-refractivity contribution in [2.75, 3.05) is 11.1 Å². The number of aromatic nitrogens is 1. The van der Waals surface area contributed by atoms with Gasteiger partial charge in [-0.2, -0.15) is 0 Å². The van der Waals surface area contributed by atoms with E-state index in [0.717, 1.165) is 34.1 Å². The molecule has 1 heterocycles. The van der Waals surface area contributed by atoms with E-state index in [0.29, 0.717) is 18.2 Å². The first-order valence-electron chi connectivity index (χ1n) is 7.81. The van der Waals surface area contributed by atoms with E-state index < -0.39 is 0 Å². The number of rotatable bonds is 7. The van der Waals surface area contributed by atoms with Gasteiger partial charge in [-0.25, -0.2) is 4.98 Å². The summed E-state index contributed by atoms with van der Waals surface area (Å²) in [5.41, 5.74) is 2.71. The molecule has 2 aromatic rings. The van der Waals surface area contributed by atoms with Crippen molar-refractivity contribution >= 4 is 40.6 Å². The van der Waals surface area contributed by atoms with Gasteiger partial charge in [0.1, 0.15) is 0 Å². The average molecular weight is 361 g/mol. The first kappa shape index (κ1) is 17.0. The number of nitrogens with zero attached hydrogens (tertiary/aromatic N) is 1. The lowest BCUT2D eigenvalue weighted by Crippen LogP contribution is -2.27. The second kappa shape index (κ2) is 7.81. The molecule has 0 unspecified atom stereocenters. The minimum absolute atomic E-state index is 0.0245. The monoisotopic (exact) mass is 361 g/mol. The molecule has 0 saturated heterocycles. The van der Waals surface area contributed by atoms with Crippen LogP contribution < -0.4 is 10.6 Å². The number of thioether (sulfide) groups is 1. The molecule has 5 nitrogen and oxygen atoms in total. The van der Waals surface area contributed by atoms with Gasteiger partial charge in [0.2, 0.25) is 11.8 Å². The van der Waals surface area contributed by atoms with Gasteiger partial charge in [0, 0.05) is 17.1 Å². The first-order chi connectivity index (χ1) is 11.6. The summed E-state index contributed by atoms with van der Waals surface area (Å²) in [5, 5.41) is 7.69. The lowest BCUT2D eigenvalue weighted by molar-refractivity contribution is -0.120. The third-order valence-electron chi connectivity index (χ3n) is 3.48. The molecule has 2 amide bonds. The molecule has 0 radical (unpaired) electrons. The molecule has 24 heavy (non-hydrogen) atoms. The van der Waals surface area contributed by atoms with Crippen molar-refractivity contribution in [3.8, 4) is 0 Å². The number of hydrogen-bond acceptors (Lipinski definition) is 5. The van der Waals surface area contributed by atoms with E-state index >= 15 is 0 Å². The maximum Gasteiger partial charge on any atom is 0.234 e. The molecule has 0 atom stereocenters. The van der Waals surface area contributed by atoms with Crippen molar-refractivity contribution in [2.45, 2.75) is 36.6 Å². The van der Waals surface area contributed by atoms with E-state index in [1.54, 1.807) is 0 Å². The van der Waals surface area contributed by atoms with Crippen LogP contribution in [0.5, 0.6) is 0 Å². The number of benzene rings is 1. The van der Waals surface area contributed by atoms with Gasteiger partial charge in [-0.3, -0.25) is 9.59 Å². The zero-order valence-electron chi connectivity index (χ0n) is 13.4. The predicted octanol–water partition coefficient (Wildman–Crippen LogP) is 3.00. The zero-order chi connectivity index (χ0) is 16.9. The van der Waals surface area contributed by atoms with E-state index in [2.05, 4.69) is 15.6 Å². The molecule has 2 N–H and O–H groups in total. The Balaban J connectivity index is 1.43. The number of anilines is 1. The lowest BCUT2D eigenvalue weighted by atomic mass is 10.2. The van der Waals surface area contributed by atoms with Crippen molar-refractivity contribution in [1.82, 2.24) is 10.3 Å². The minimum atomic E-state index is -0.0629. The number of carbonyl (C=O) groups excluding carboxylic acids is 2. The molecule has 1 aromatic carbocycles. The molecule has 1 saturated carbocycles. The fraction of sp³-hybridized carbons (Fsp3) is 0.353. The highest BCUT2D eigenvalue weighted by Crippen LogP contribution is 2.24. The van der Waals surface area contributed by atoms with Crippen LogP contribution in [0.3, 0.4) is 0 Å². The quantitative estimate of drug-likeness (QED) is 0.744. The van der Waals surface area contributed by atoms with Crippen LogP contribution in [-0.4, -0.2) is 28.6 Å². The van der Waals surface area contributed by atoms with Crippen LogP contribution in [0.1, 0.15) is 24.1 Å². The summed E-state index contributed by atoms with van der Waals surface area (Å²) in [7, 11) is 0. The Morgan fingerprint density at radius 1 is 1.25 bits per heavy atom. The second-order valence-corrected chi connectivity index (χ2v) is 7.91. The number of nitrogens with one attached hydrogen (secondary N) is 2. The van der Waals surface area contributed by atoms with Gasteiger partial charge in [0.05, 0.1) is 17.9 Å². The Morgan fingerprint density at radius 2 is 2.00 bits per heavy atom. The van der Waals surface area contributed by atoms with E-state index in [1.165, 1.54) is 23.1 Å². The van der Waals surface area contributed by atoms with E-state index in [4.69, 9.17) is 0 Å². The van der Waals surface area contributed by atoms with Crippen LogP contribution in [-0.2, 0) is 16.0 Å². The standard InChI is InChI=1S/C17H19N3O2S2/c1-11-2-4-12(5-3-11)19-16(22)10-24-17-20-14(9-23-17)8-15(21)18-13-6-7-13/h2-5,9,13H,6-8,10H2,1H3,(H,18,21)(H,19,22). The normalized spacial score (nSPS) is 13.5. The summed E-state index contributed by atoms with van der Waals surface area (Å²) in [6.45, 7) is 2.01. The maximum atomic E-state index is 12.0. The van der Waals surface area contributed by atoms with E-state index in [1.807, 2.05) is 36.6 Å². The molecule has 1 fully saturated rings. The van der Waals surface area contributed by atoms with E-state index in [-0.39, 0.29) is 11.8 Å². The highest BCUT2D eigenvalue weighted by Gasteiger charge is 2.23. The van der Waals surface area contributed by atoms with Crippen molar-refractivity contribution < 1.29 is 9.59 Å². The zero-order valence-corrected chi connectivity index (χ0v) is 15.0. The van der Waals surface area contributed by atoms with Crippen molar-refractivity contribution in [3.05, 3.63) is 40.9 Å². The third-order valence-corrected chi connectivity index (χ3v) is 5.55. The smallest absolute Gasteiger partial charge is 0.234 e. The van der Waals surface area contributed by atoms with Gasteiger partial charge in [0.15, 0.2) is 4.34 Å². The fourth-order valence-electron chi connectivity index (χ4n) is 2.07. The summed E-state index contributed by atoms with van der Waals surface area (Å²) in [6.07, 6.45) is 2.48. The molecule has 0 bridgehead atoms. The number of hydrogen-bond donors (Lipinski definition) is 2. The fourth-order valence-corrected chi connectivity index (χ4v) is 3.71. The summed E-state index contributed by atoms with van der Waals surface area (Å²) < 4.78 is 0.809. The minimum Gasteiger partial charge on any atom is -0.353 e. The largest absolute Gasteiger partial charge is 0.353 e. The summed E-state index contributed by atoms with van der Waals surface area (Å²) in [4.78, 5) is 28.1. The van der Waals surface area contributed by atoms with Crippen molar-refractivity contribution in [3.63, 3.8) is 0 Å². The maximum absolute atomic E-state index is 12.0. The van der Waals surface area contributed by atoms with Crippen LogP contribution in [0.4, 0.5) is 5.69 Å². The van der Waals surface area contributed by atoms with Gasteiger partial charge < -0.3 is 10.6 Å². The van der Waals surface area contributed by atoms with Gasteiger partial charge >= 0.3 is 0 Å². The highest BCUT2D eigenvalue weighted by molar-refractivity contribution is 8.01. The molecule has 7 heteroatoms. The number of amides is 2. The molecular formula is C17H19N3O2S2. The number of aryl methyl sites for hydroxylation is 1. The van der Waals surface area contributed by atoms with Crippen LogP contribution in [0.25, 0.3) is 0 Å². The van der Waals surface area contributed by atoms with Crippen molar-refractivity contribution in [1.29, 1.82) is 0 Å². The SMILES string of the molecule is Cc1ccc(NC(=O)CSc2nc(CC(=O)NC3CC3)cs2)cc1. The first-order valence-corrected chi connectivity index (χ1v) is 9.68. The summed E-state index contributed by atoms with van der Waals surface area (Å²) >= 11 is 2.86. The molecule has 1 aliphatic rings. The molecule has 1 aromatic heterocycles. The lowest BCUT2D eigenvalue weighted by Gasteiger charge is -2.04. The van der Waals surface area contributed by atoms with Gasteiger partial charge in [-0.05, 0) is 31.9 Å². The molecular weight excluding hydrogens is 342 g/mol. The molecule has 3 rings (SSSR count). The Hall–Kier alpha value is -1.86. The Labute approximate surface area is 149 Å². The van der Waals surface area contributed by atoms with Crippen LogP contribution >= 0.6 is 23.1 Å². The van der Waals surface area contributed by atoms with E-state index in [9.17, 15) is 9.59 Å². The topological polar surface area (TPSA) is 71.1 Å². The predicted molar refractivity (Wildman–Crippen MR) is 97.5 cm³/mol. The van der Waals surface area contributed by atoms with Crippen LogP contribution in [0, 0.1) is 6.92 Å².